The van der Waals surface area contributed by atoms with Crippen molar-refractivity contribution >= 4 is 24.2 Å². The Bertz CT molecular complexity index is 1370. The van der Waals surface area contributed by atoms with Gasteiger partial charge in [0.15, 0.2) is 0 Å². The number of benzene rings is 1. The number of carbonyl (C=O) groups excluding carboxylic acids is 1. The summed E-state index contributed by atoms with van der Waals surface area (Å²) in [6.07, 6.45) is -47.0. The van der Waals surface area contributed by atoms with Gasteiger partial charge in [0.2, 0.25) is 5.91 Å². The van der Waals surface area contributed by atoms with Crippen LogP contribution in [0, 0.1) is 0 Å². The monoisotopic (exact) mass is 759 g/mol. The van der Waals surface area contributed by atoms with Crippen LogP contribution in [0.2, 0.25) is 0 Å². The number of alkyl halides is 22. The van der Waals surface area contributed by atoms with E-state index in [2.05, 4.69) is 6.58 Å². The largest absolute Gasteiger partial charge is 0.489 e. The molecule has 48 heavy (non-hydrogen) atoms. The number of ether oxygens (including phenoxy) is 2. The summed E-state index contributed by atoms with van der Waals surface area (Å²) in [6, 6.07) is -2.17. The third-order valence-corrected chi connectivity index (χ3v) is 5.33. The number of carbonyl (C=O) groups is 1. The molecule has 0 spiro atoms. The normalized spacial score (nSPS) is 17.0. The van der Waals surface area contributed by atoms with Gasteiger partial charge in [-0.1, -0.05) is 18.7 Å². The van der Waals surface area contributed by atoms with E-state index in [-0.39, 0.29) is 0 Å². The van der Waals surface area contributed by atoms with Gasteiger partial charge >= 0.3 is 67.6 Å². The molecular weight excluding hydrogens is 751 g/mol. The summed E-state index contributed by atoms with van der Waals surface area (Å²) in [4.78, 5) is 11.8. The topological polar surface area (TPSA) is 88.0 Å². The van der Waals surface area contributed by atoms with E-state index >= 15 is 8.78 Å². The van der Waals surface area contributed by atoms with Crippen molar-refractivity contribution < 1.29 is 121 Å². The zero-order chi connectivity index (χ0) is 38.7. The first-order valence-electron chi connectivity index (χ1n) is 10.8. The predicted octanol–water partition coefficient (Wildman–Crippen LogP) is 6.47. The highest BCUT2D eigenvalue weighted by molar-refractivity contribution is 6.59. The molecule has 1 aromatic carbocycles. The zero-order valence-corrected chi connectivity index (χ0v) is 21.5. The number of rotatable bonds is 11. The van der Waals surface area contributed by atoms with Gasteiger partial charge in [0.25, 0.3) is 0 Å². The molecule has 0 saturated carbocycles. The van der Waals surface area contributed by atoms with E-state index in [0.717, 1.165) is 0 Å². The van der Waals surface area contributed by atoms with Gasteiger partial charge in [-0.25, -0.2) is 0 Å². The highest BCUT2D eigenvalue weighted by Crippen LogP contribution is 2.58. The second-order valence-electron chi connectivity index (χ2n) is 8.59. The van der Waals surface area contributed by atoms with Crippen LogP contribution in [0.5, 0.6) is 0 Å². The summed E-state index contributed by atoms with van der Waals surface area (Å²) < 4.78 is 303. The molecule has 0 bridgehead atoms. The lowest BCUT2D eigenvalue weighted by atomic mass is 9.73. The molecule has 0 fully saturated rings. The third kappa shape index (κ3) is 7.21. The van der Waals surface area contributed by atoms with Crippen molar-refractivity contribution in [2.45, 2.75) is 60.5 Å². The fraction of sp³-hybridized carbons (Fsp3) is 0.526. The SMILES string of the molecule is C=CC(=O)Nc1c(C(F)(OC(F)(F)C(F)(F)C(F)(F)F)C(F)(F)F)ccc(B(O)O)c1C(F)(OC(F)(F)C(F)(F)C(F)(F)F)C(F)(F)F. The van der Waals surface area contributed by atoms with E-state index in [4.69, 9.17) is 0 Å². The Morgan fingerprint density at radius 1 is 0.625 bits per heavy atom. The van der Waals surface area contributed by atoms with Crippen molar-refractivity contribution in [1.82, 2.24) is 0 Å². The van der Waals surface area contributed by atoms with Crippen molar-refractivity contribution in [3.63, 3.8) is 0 Å². The Balaban J connectivity index is 4.64. The van der Waals surface area contributed by atoms with E-state index in [0.29, 0.717) is 5.32 Å². The minimum atomic E-state index is -7.95. The number of halogens is 22. The lowest BCUT2D eigenvalue weighted by Crippen LogP contribution is -2.60. The quantitative estimate of drug-likeness (QED) is 0.137. The molecule has 0 heterocycles. The summed E-state index contributed by atoms with van der Waals surface area (Å²) >= 11 is 0. The number of anilines is 1. The molecule has 2 atom stereocenters. The molecule has 6 nitrogen and oxygen atoms in total. The van der Waals surface area contributed by atoms with E-state index < -0.39 is 114 Å². The molecule has 0 aliphatic heterocycles. The molecule has 3 N–H and O–H groups in total. The predicted molar refractivity (Wildman–Crippen MR) is 107 cm³/mol. The molecule has 0 saturated heterocycles. The van der Waals surface area contributed by atoms with Gasteiger partial charge in [-0.15, -0.1) is 0 Å². The molecule has 1 amide bonds. The minimum absolute atomic E-state index is 0.361. The third-order valence-electron chi connectivity index (χ3n) is 5.33. The lowest BCUT2D eigenvalue weighted by molar-refractivity contribution is -0.489. The summed E-state index contributed by atoms with van der Waals surface area (Å²) in [5.41, 5.74) is -13.7. The first-order chi connectivity index (χ1) is 20.8. The van der Waals surface area contributed by atoms with Crippen LogP contribution < -0.4 is 10.8 Å². The van der Waals surface area contributed by atoms with Crippen molar-refractivity contribution in [1.29, 1.82) is 0 Å². The standard InChI is InChI=1S/C19H8BF22NO5/c1-2-7(44)43-9-5(10(21,14(27,28)29)47-18(39,40)12(23,24)16(33,34)35)3-4-6(20(45)46)8(9)11(22,15(30,31)32)48-19(41,42)13(25,26)17(36,37)38/h2-4,45-46H,1H2,(H,43,44). The Labute approximate surface area is 248 Å². The van der Waals surface area contributed by atoms with Crippen LogP contribution in [-0.4, -0.2) is 71.8 Å². The van der Waals surface area contributed by atoms with Crippen molar-refractivity contribution in [2.75, 3.05) is 5.32 Å². The van der Waals surface area contributed by atoms with E-state index in [1.807, 2.05) is 9.47 Å². The van der Waals surface area contributed by atoms with Crippen molar-refractivity contribution in [2.24, 2.45) is 0 Å². The molecule has 276 valence electrons. The zero-order valence-electron chi connectivity index (χ0n) is 21.5. The molecule has 1 aromatic rings. The Hall–Kier alpha value is -3.21. The lowest BCUT2D eigenvalue weighted by Gasteiger charge is -2.39. The number of hydrogen-bond donors (Lipinski definition) is 3. The first kappa shape index (κ1) is 42.8. The molecular formula is C19H8BF22NO5. The molecule has 0 radical (unpaired) electrons. The van der Waals surface area contributed by atoms with Gasteiger partial charge in [-0.2, -0.15) is 96.6 Å². The van der Waals surface area contributed by atoms with E-state index in [1.165, 1.54) is 0 Å². The Morgan fingerprint density at radius 3 is 1.27 bits per heavy atom. The number of nitrogens with one attached hydrogen (secondary N) is 1. The maximum absolute atomic E-state index is 15.6. The molecule has 0 aliphatic rings. The smallest absolute Gasteiger partial charge is 0.423 e. The fourth-order valence-electron chi connectivity index (χ4n) is 3.08. The van der Waals surface area contributed by atoms with E-state index in [9.17, 15) is 103 Å². The van der Waals surface area contributed by atoms with Gasteiger partial charge < -0.3 is 15.4 Å². The Kier molecular flexibility index (Phi) is 11.0. The number of amides is 1. The van der Waals surface area contributed by atoms with Crippen LogP contribution in [0.1, 0.15) is 11.1 Å². The highest BCUT2D eigenvalue weighted by atomic mass is 19.4. The maximum atomic E-state index is 15.6. The summed E-state index contributed by atoms with van der Waals surface area (Å²) in [7, 11) is -4.05. The molecule has 1 rings (SSSR count). The van der Waals surface area contributed by atoms with Gasteiger partial charge in [-0.3, -0.25) is 14.3 Å². The fourth-order valence-corrected chi connectivity index (χ4v) is 3.08. The van der Waals surface area contributed by atoms with Crippen LogP contribution in [-0.2, 0) is 26.0 Å². The average Bonchev–Trinajstić information content (AvgIpc) is 2.84. The van der Waals surface area contributed by atoms with Gasteiger partial charge in [0, 0.05) is 11.1 Å². The second kappa shape index (κ2) is 12.3. The van der Waals surface area contributed by atoms with Gasteiger partial charge in [0.05, 0.1) is 5.69 Å². The number of hydrogen-bond acceptors (Lipinski definition) is 5. The summed E-state index contributed by atoms with van der Waals surface area (Å²) in [5, 5.41) is 19.0. The second-order valence-corrected chi connectivity index (χ2v) is 8.59. The van der Waals surface area contributed by atoms with Gasteiger partial charge in [0.1, 0.15) is 0 Å². The van der Waals surface area contributed by atoms with Crippen LogP contribution >= 0.6 is 0 Å². The van der Waals surface area contributed by atoms with Crippen molar-refractivity contribution in [3.8, 4) is 0 Å². The first-order valence-corrected chi connectivity index (χ1v) is 10.8. The van der Waals surface area contributed by atoms with Crippen LogP contribution in [0.15, 0.2) is 24.8 Å². The molecule has 2 unspecified atom stereocenters. The highest BCUT2D eigenvalue weighted by Gasteiger charge is 2.81. The molecule has 0 aromatic heterocycles. The van der Waals surface area contributed by atoms with Crippen LogP contribution in [0.3, 0.4) is 0 Å². The van der Waals surface area contributed by atoms with Crippen LogP contribution in [0.25, 0.3) is 0 Å². The van der Waals surface area contributed by atoms with Crippen LogP contribution in [0.4, 0.5) is 102 Å². The average molecular weight is 759 g/mol. The maximum Gasteiger partial charge on any atom is 0.489 e. The van der Waals surface area contributed by atoms with Crippen molar-refractivity contribution in [3.05, 3.63) is 35.9 Å². The van der Waals surface area contributed by atoms with Gasteiger partial charge in [-0.05, 0) is 11.5 Å². The minimum Gasteiger partial charge on any atom is -0.423 e. The molecule has 29 heteroatoms. The molecule has 0 aliphatic carbocycles. The summed E-state index contributed by atoms with van der Waals surface area (Å²) in [5.74, 6) is -33.1. The van der Waals surface area contributed by atoms with E-state index in [1.54, 1.807) is 0 Å². The Morgan fingerprint density at radius 2 is 0.979 bits per heavy atom. The summed E-state index contributed by atoms with van der Waals surface area (Å²) in [6.45, 7) is 2.44.